The number of nitrogens with zero attached hydrogens (tertiary/aromatic N) is 3. The third kappa shape index (κ3) is 3.78. The molecular formula is C26H23F2N5O3. The molecule has 0 bridgehead atoms. The van der Waals surface area contributed by atoms with Crippen molar-refractivity contribution in [2.75, 3.05) is 18.5 Å². The molecule has 0 radical (unpaired) electrons. The van der Waals surface area contributed by atoms with E-state index in [2.05, 4.69) is 20.6 Å². The minimum absolute atomic E-state index is 0.0938. The highest BCUT2D eigenvalue weighted by Gasteiger charge is 2.32. The number of benzene rings is 1. The molecule has 0 unspecified atom stereocenters. The van der Waals surface area contributed by atoms with Crippen LogP contribution in [0.4, 0.5) is 20.3 Å². The molecule has 0 aliphatic carbocycles. The SMILES string of the molecule is O=C1NCc2c(-c3cnc4cc(C(F)F)ccn34)ccc(Nc3ccc(C4(O)CCOCC4)cn3)c21. The summed E-state index contributed by atoms with van der Waals surface area (Å²) in [6, 6.07) is 10.0. The minimum atomic E-state index is -2.58. The number of anilines is 2. The predicted molar refractivity (Wildman–Crippen MR) is 128 cm³/mol. The monoisotopic (exact) mass is 491 g/mol. The zero-order valence-corrected chi connectivity index (χ0v) is 19.2. The van der Waals surface area contributed by atoms with Crippen molar-refractivity contribution in [1.29, 1.82) is 0 Å². The Balaban J connectivity index is 1.33. The Labute approximate surface area is 205 Å². The van der Waals surface area contributed by atoms with E-state index < -0.39 is 12.0 Å². The molecule has 1 fully saturated rings. The van der Waals surface area contributed by atoms with E-state index in [0.717, 1.165) is 16.7 Å². The van der Waals surface area contributed by atoms with Crippen LogP contribution in [-0.2, 0) is 16.9 Å². The first-order chi connectivity index (χ1) is 17.4. The molecule has 184 valence electrons. The number of hydrogen-bond acceptors (Lipinski definition) is 6. The van der Waals surface area contributed by atoms with Gasteiger partial charge < -0.3 is 20.5 Å². The maximum Gasteiger partial charge on any atom is 0.264 e. The molecular weight excluding hydrogens is 468 g/mol. The molecule has 4 aromatic rings. The van der Waals surface area contributed by atoms with Crippen molar-refractivity contribution in [3.05, 3.63) is 77.2 Å². The van der Waals surface area contributed by atoms with Crippen LogP contribution in [0.2, 0.25) is 0 Å². The van der Waals surface area contributed by atoms with Gasteiger partial charge in [0.1, 0.15) is 11.5 Å². The average Bonchev–Trinajstić information content (AvgIpc) is 3.49. The summed E-state index contributed by atoms with van der Waals surface area (Å²) in [7, 11) is 0. The topological polar surface area (TPSA) is 101 Å². The van der Waals surface area contributed by atoms with E-state index in [1.807, 2.05) is 12.1 Å². The van der Waals surface area contributed by atoms with E-state index in [9.17, 15) is 18.7 Å². The highest BCUT2D eigenvalue weighted by Crippen LogP contribution is 2.36. The Bertz CT molecular complexity index is 1460. The van der Waals surface area contributed by atoms with Gasteiger partial charge in [-0.3, -0.25) is 9.20 Å². The standard InChI is InChI=1S/C26H23F2N5O3/c27-24(28)15-5-8-33-20(14-30-22(33)11-15)17-2-3-19(23-18(17)13-31-25(23)34)32-21-4-1-16(12-29-21)26(35)6-9-36-10-7-26/h1-5,8,11-12,14,24,35H,6-7,9-10,13H2,(H,29,32)(H,31,34). The molecule has 1 saturated heterocycles. The first-order valence-electron chi connectivity index (χ1n) is 11.7. The summed E-state index contributed by atoms with van der Waals surface area (Å²) < 4.78 is 33.3. The van der Waals surface area contributed by atoms with Gasteiger partial charge in [-0.15, -0.1) is 0 Å². The van der Waals surface area contributed by atoms with Gasteiger partial charge in [-0.25, -0.2) is 18.7 Å². The fourth-order valence-electron chi connectivity index (χ4n) is 4.90. The number of aromatic nitrogens is 3. The summed E-state index contributed by atoms with van der Waals surface area (Å²) >= 11 is 0. The number of nitrogens with one attached hydrogen (secondary N) is 2. The number of amides is 1. The van der Waals surface area contributed by atoms with E-state index in [-0.39, 0.29) is 11.5 Å². The molecule has 10 heteroatoms. The minimum Gasteiger partial charge on any atom is -0.385 e. The number of aliphatic hydroxyl groups is 1. The molecule has 2 aliphatic heterocycles. The summed E-state index contributed by atoms with van der Waals surface area (Å²) in [6.07, 6.45) is 3.30. The van der Waals surface area contributed by atoms with Crippen molar-refractivity contribution in [2.24, 2.45) is 0 Å². The molecule has 8 nitrogen and oxygen atoms in total. The smallest absolute Gasteiger partial charge is 0.264 e. The highest BCUT2D eigenvalue weighted by atomic mass is 19.3. The van der Waals surface area contributed by atoms with Crippen molar-refractivity contribution in [2.45, 2.75) is 31.4 Å². The van der Waals surface area contributed by atoms with Gasteiger partial charge in [0.2, 0.25) is 0 Å². The predicted octanol–water partition coefficient (Wildman–Crippen LogP) is 4.32. The molecule has 6 rings (SSSR count). The molecule has 0 atom stereocenters. The maximum absolute atomic E-state index is 13.1. The van der Waals surface area contributed by atoms with Gasteiger partial charge in [-0.1, -0.05) is 12.1 Å². The number of ether oxygens (including phenoxy) is 1. The number of fused-ring (bicyclic) bond motifs is 2. The van der Waals surface area contributed by atoms with Gasteiger partial charge in [0.05, 0.1) is 28.7 Å². The van der Waals surface area contributed by atoms with Crippen LogP contribution in [-0.4, -0.2) is 38.6 Å². The second kappa shape index (κ2) is 8.65. The summed E-state index contributed by atoms with van der Waals surface area (Å²) in [4.78, 5) is 21.5. The number of hydrogen-bond donors (Lipinski definition) is 3. The Morgan fingerprint density at radius 1 is 1.11 bits per heavy atom. The first-order valence-corrected chi connectivity index (χ1v) is 11.7. The summed E-state index contributed by atoms with van der Waals surface area (Å²) in [5, 5.41) is 17.0. The molecule has 0 saturated carbocycles. The number of imidazole rings is 1. The van der Waals surface area contributed by atoms with Gasteiger partial charge in [-0.05, 0) is 29.8 Å². The lowest BCUT2D eigenvalue weighted by atomic mass is 9.87. The van der Waals surface area contributed by atoms with Crippen LogP contribution < -0.4 is 10.6 Å². The molecule has 5 heterocycles. The van der Waals surface area contributed by atoms with Crippen molar-refractivity contribution >= 4 is 23.1 Å². The van der Waals surface area contributed by atoms with E-state index >= 15 is 0 Å². The van der Waals surface area contributed by atoms with Crippen LogP contribution in [0.15, 0.2) is 55.0 Å². The zero-order chi connectivity index (χ0) is 24.9. The number of alkyl halides is 2. The highest BCUT2D eigenvalue weighted by molar-refractivity contribution is 6.06. The van der Waals surface area contributed by atoms with Crippen LogP contribution in [0.3, 0.4) is 0 Å². The van der Waals surface area contributed by atoms with Gasteiger partial charge in [0.15, 0.2) is 0 Å². The zero-order valence-electron chi connectivity index (χ0n) is 19.2. The largest absolute Gasteiger partial charge is 0.385 e. The number of carbonyl (C=O) groups is 1. The van der Waals surface area contributed by atoms with Gasteiger partial charge in [0, 0.05) is 61.7 Å². The van der Waals surface area contributed by atoms with E-state index in [1.54, 1.807) is 35.1 Å². The molecule has 3 N–H and O–H groups in total. The maximum atomic E-state index is 13.1. The van der Waals surface area contributed by atoms with Crippen molar-refractivity contribution < 1.29 is 23.4 Å². The van der Waals surface area contributed by atoms with Gasteiger partial charge in [0.25, 0.3) is 12.3 Å². The quantitative estimate of drug-likeness (QED) is 0.385. The third-order valence-corrected chi connectivity index (χ3v) is 6.91. The Morgan fingerprint density at radius 3 is 2.69 bits per heavy atom. The molecule has 2 aliphatic rings. The molecule has 3 aromatic heterocycles. The van der Waals surface area contributed by atoms with Crippen LogP contribution in [0, 0.1) is 0 Å². The fourth-order valence-corrected chi connectivity index (χ4v) is 4.90. The normalized spacial score (nSPS) is 16.8. The first kappa shape index (κ1) is 22.6. The second-order valence-electron chi connectivity index (χ2n) is 9.03. The summed E-state index contributed by atoms with van der Waals surface area (Å²) in [5.41, 5.74) is 3.48. The summed E-state index contributed by atoms with van der Waals surface area (Å²) in [6.45, 7) is 1.34. The Hall–Kier alpha value is -3.89. The molecule has 0 spiro atoms. The average molecular weight is 491 g/mol. The Kier molecular flexibility index (Phi) is 5.42. The molecule has 1 amide bonds. The number of carbonyl (C=O) groups excluding carboxylic acids is 1. The van der Waals surface area contributed by atoms with Crippen molar-refractivity contribution in [1.82, 2.24) is 19.7 Å². The van der Waals surface area contributed by atoms with E-state index in [0.29, 0.717) is 61.0 Å². The lowest BCUT2D eigenvalue weighted by molar-refractivity contribution is -0.0680. The molecule has 36 heavy (non-hydrogen) atoms. The van der Waals surface area contributed by atoms with E-state index in [1.165, 1.54) is 12.1 Å². The number of halogens is 2. The fraction of sp³-hybridized carbons (Fsp3) is 0.269. The van der Waals surface area contributed by atoms with E-state index in [4.69, 9.17) is 4.74 Å². The summed E-state index contributed by atoms with van der Waals surface area (Å²) in [5.74, 6) is 0.328. The lowest BCUT2D eigenvalue weighted by Gasteiger charge is -2.32. The van der Waals surface area contributed by atoms with Gasteiger partial charge in [-0.2, -0.15) is 0 Å². The van der Waals surface area contributed by atoms with Crippen LogP contribution >= 0.6 is 0 Å². The lowest BCUT2D eigenvalue weighted by Crippen LogP contribution is -2.33. The Morgan fingerprint density at radius 2 is 1.94 bits per heavy atom. The number of rotatable bonds is 5. The van der Waals surface area contributed by atoms with Crippen molar-refractivity contribution in [3.8, 4) is 11.3 Å². The third-order valence-electron chi connectivity index (χ3n) is 6.91. The molecule has 1 aromatic carbocycles. The van der Waals surface area contributed by atoms with Crippen LogP contribution in [0.1, 0.15) is 46.3 Å². The number of pyridine rings is 2. The van der Waals surface area contributed by atoms with Crippen LogP contribution in [0.5, 0.6) is 0 Å². The van der Waals surface area contributed by atoms with Crippen molar-refractivity contribution in [3.63, 3.8) is 0 Å². The second-order valence-corrected chi connectivity index (χ2v) is 9.03. The van der Waals surface area contributed by atoms with Crippen LogP contribution in [0.25, 0.3) is 16.9 Å². The van der Waals surface area contributed by atoms with Gasteiger partial charge >= 0.3 is 0 Å².